The Bertz CT molecular complexity index is 1080. The molecule has 1 aromatic heterocycles. The Kier molecular flexibility index (Phi) is 4.74. The average molecular weight is 407 g/mol. The summed E-state index contributed by atoms with van der Waals surface area (Å²) < 4.78 is 21.9. The highest BCUT2D eigenvalue weighted by Crippen LogP contribution is 2.35. The number of amides is 1. The molecule has 0 bridgehead atoms. The van der Waals surface area contributed by atoms with Gasteiger partial charge < -0.3 is 23.6 Å². The number of benzene rings is 2. The maximum absolute atomic E-state index is 12.6. The van der Waals surface area contributed by atoms with Crippen LogP contribution in [0.1, 0.15) is 30.7 Å². The number of hydrogen-bond donors (Lipinski definition) is 0. The number of aromatic nitrogens is 2. The highest BCUT2D eigenvalue weighted by atomic mass is 16.7. The molecule has 8 heteroatoms. The Morgan fingerprint density at radius 3 is 2.93 bits per heavy atom. The van der Waals surface area contributed by atoms with Crippen molar-refractivity contribution in [1.82, 2.24) is 15.0 Å². The molecule has 1 unspecified atom stereocenters. The molecular formula is C22H21N3O5. The molecule has 0 N–H and O–H groups in total. The molecule has 2 aromatic carbocycles. The summed E-state index contributed by atoms with van der Waals surface area (Å²) in [7, 11) is 0. The minimum Gasteiger partial charge on any atom is -0.493 e. The van der Waals surface area contributed by atoms with Gasteiger partial charge in [0.2, 0.25) is 12.7 Å². The first-order valence-corrected chi connectivity index (χ1v) is 9.93. The van der Waals surface area contributed by atoms with E-state index < -0.39 is 0 Å². The highest BCUT2D eigenvalue weighted by molar-refractivity contribution is 5.79. The van der Waals surface area contributed by atoms with Gasteiger partial charge in [-0.25, -0.2) is 0 Å². The SMILES string of the molecule is CCOc1ccccc1-c1nc(C2CC(=O)N(Cc3ccc4c(c3)OCO4)C2)no1. The van der Waals surface area contributed by atoms with Crippen molar-refractivity contribution in [2.45, 2.75) is 25.8 Å². The second kappa shape index (κ2) is 7.70. The number of hydrogen-bond acceptors (Lipinski definition) is 7. The zero-order valence-electron chi connectivity index (χ0n) is 16.5. The van der Waals surface area contributed by atoms with Crippen LogP contribution >= 0.6 is 0 Å². The van der Waals surface area contributed by atoms with Crippen LogP contribution in [0.3, 0.4) is 0 Å². The predicted octanol–water partition coefficient (Wildman–Crippen LogP) is 3.38. The zero-order valence-corrected chi connectivity index (χ0v) is 16.5. The van der Waals surface area contributed by atoms with Gasteiger partial charge >= 0.3 is 0 Å². The monoisotopic (exact) mass is 407 g/mol. The van der Waals surface area contributed by atoms with Crippen molar-refractivity contribution >= 4 is 5.91 Å². The minimum atomic E-state index is -0.108. The van der Waals surface area contributed by atoms with E-state index in [0.29, 0.717) is 49.3 Å². The number of para-hydroxylation sites is 1. The Balaban J connectivity index is 1.30. The smallest absolute Gasteiger partial charge is 0.261 e. The lowest BCUT2D eigenvalue weighted by Crippen LogP contribution is -2.24. The van der Waals surface area contributed by atoms with Gasteiger partial charge in [0.25, 0.3) is 5.89 Å². The summed E-state index contributed by atoms with van der Waals surface area (Å²) in [6.45, 7) is 3.75. The van der Waals surface area contributed by atoms with E-state index in [9.17, 15) is 4.79 Å². The van der Waals surface area contributed by atoms with Crippen LogP contribution in [-0.4, -0.2) is 40.9 Å². The van der Waals surface area contributed by atoms with Crippen molar-refractivity contribution in [3.05, 3.63) is 53.9 Å². The number of nitrogens with zero attached hydrogens (tertiary/aromatic N) is 3. The molecule has 0 radical (unpaired) electrons. The lowest BCUT2D eigenvalue weighted by molar-refractivity contribution is -0.128. The van der Waals surface area contributed by atoms with E-state index in [2.05, 4.69) is 10.1 Å². The molecular weight excluding hydrogens is 386 g/mol. The van der Waals surface area contributed by atoms with E-state index in [4.69, 9.17) is 18.7 Å². The van der Waals surface area contributed by atoms with E-state index in [1.165, 1.54) is 0 Å². The molecule has 2 aliphatic rings. The van der Waals surface area contributed by atoms with Gasteiger partial charge in [-0.3, -0.25) is 4.79 Å². The summed E-state index contributed by atoms with van der Waals surface area (Å²) in [5, 5.41) is 4.14. The van der Waals surface area contributed by atoms with Gasteiger partial charge in [0.1, 0.15) is 5.75 Å². The molecule has 154 valence electrons. The lowest BCUT2D eigenvalue weighted by Gasteiger charge is -2.16. The Morgan fingerprint density at radius 1 is 1.17 bits per heavy atom. The van der Waals surface area contributed by atoms with Gasteiger partial charge in [-0.05, 0) is 36.8 Å². The van der Waals surface area contributed by atoms with Gasteiger partial charge in [-0.2, -0.15) is 4.98 Å². The third-order valence-electron chi connectivity index (χ3n) is 5.25. The maximum atomic E-state index is 12.6. The molecule has 0 spiro atoms. The summed E-state index contributed by atoms with van der Waals surface area (Å²) in [6.07, 6.45) is 0.358. The van der Waals surface area contributed by atoms with Crippen molar-refractivity contribution in [1.29, 1.82) is 0 Å². The molecule has 1 fully saturated rings. The van der Waals surface area contributed by atoms with Crippen LogP contribution in [0, 0.1) is 0 Å². The van der Waals surface area contributed by atoms with Crippen LogP contribution in [0.4, 0.5) is 0 Å². The van der Waals surface area contributed by atoms with Crippen molar-refractivity contribution in [3.8, 4) is 28.7 Å². The van der Waals surface area contributed by atoms with Crippen LogP contribution in [0.25, 0.3) is 11.5 Å². The molecule has 1 atom stereocenters. The fourth-order valence-electron chi connectivity index (χ4n) is 3.79. The third kappa shape index (κ3) is 3.45. The highest BCUT2D eigenvalue weighted by Gasteiger charge is 2.34. The van der Waals surface area contributed by atoms with Gasteiger partial charge in [-0.1, -0.05) is 23.4 Å². The van der Waals surface area contributed by atoms with E-state index >= 15 is 0 Å². The fourth-order valence-corrected chi connectivity index (χ4v) is 3.79. The normalized spacial score (nSPS) is 17.6. The second-order valence-electron chi connectivity index (χ2n) is 7.25. The largest absolute Gasteiger partial charge is 0.493 e. The quantitative estimate of drug-likeness (QED) is 0.619. The minimum absolute atomic E-state index is 0.0683. The molecule has 3 heterocycles. The van der Waals surface area contributed by atoms with E-state index in [0.717, 1.165) is 16.9 Å². The van der Waals surface area contributed by atoms with Crippen LogP contribution in [-0.2, 0) is 11.3 Å². The molecule has 1 saturated heterocycles. The van der Waals surface area contributed by atoms with Crippen LogP contribution < -0.4 is 14.2 Å². The van der Waals surface area contributed by atoms with Gasteiger partial charge in [0.05, 0.1) is 12.2 Å². The van der Waals surface area contributed by atoms with Crippen LogP contribution in [0.2, 0.25) is 0 Å². The Morgan fingerprint density at radius 2 is 2.03 bits per heavy atom. The first kappa shape index (κ1) is 18.5. The summed E-state index contributed by atoms with van der Waals surface area (Å²) in [5.41, 5.74) is 1.74. The Hall–Kier alpha value is -3.55. The number of carbonyl (C=O) groups excluding carboxylic acids is 1. The fraction of sp³-hybridized carbons (Fsp3) is 0.318. The standard InChI is InChI=1S/C22H21N3O5/c1-2-27-17-6-4-3-5-16(17)22-23-21(24-30-22)15-10-20(26)25(12-15)11-14-7-8-18-19(9-14)29-13-28-18/h3-9,15H,2,10-13H2,1H3. The number of rotatable bonds is 6. The lowest BCUT2D eigenvalue weighted by atomic mass is 10.1. The summed E-state index contributed by atoms with van der Waals surface area (Å²) in [4.78, 5) is 18.9. The number of likely N-dealkylation sites (tertiary alicyclic amines) is 1. The van der Waals surface area contributed by atoms with Crippen molar-refractivity contribution in [2.24, 2.45) is 0 Å². The predicted molar refractivity (Wildman–Crippen MR) is 106 cm³/mol. The molecule has 2 aliphatic heterocycles. The number of fused-ring (bicyclic) bond motifs is 1. The second-order valence-corrected chi connectivity index (χ2v) is 7.25. The first-order valence-electron chi connectivity index (χ1n) is 9.93. The summed E-state index contributed by atoms with van der Waals surface area (Å²) in [6, 6.07) is 13.3. The van der Waals surface area contributed by atoms with Gasteiger partial charge in [0, 0.05) is 25.4 Å². The average Bonchev–Trinajstić information content (AvgIpc) is 3.49. The van der Waals surface area contributed by atoms with Crippen LogP contribution in [0.5, 0.6) is 17.2 Å². The number of carbonyl (C=O) groups is 1. The summed E-state index contributed by atoms with van der Waals surface area (Å²) >= 11 is 0. The molecule has 3 aromatic rings. The zero-order chi connectivity index (χ0) is 20.5. The Labute approximate surface area is 173 Å². The van der Waals surface area contributed by atoms with Crippen molar-refractivity contribution in [3.63, 3.8) is 0 Å². The molecule has 1 amide bonds. The van der Waals surface area contributed by atoms with Gasteiger partial charge in [-0.15, -0.1) is 0 Å². The maximum Gasteiger partial charge on any atom is 0.261 e. The first-order chi connectivity index (χ1) is 14.7. The van der Waals surface area contributed by atoms with Crippen LogP contribution in [0.15, 0.2) is 47.0 Å². The molecule has 8 nitrogen and oxygen atoms in total. The summed E-state index contributed by atoms with van der Waals surface area (Å²) in [5.74, 6) is 3.04. The van der Waals surface area contributed by atoms with E-state index in [-0.39, 0.29) is 18.6 Å². The third-order valence-corrected chi connectivity index (χ3v) is 5.25. The molecule has 30 heavy (non-hydrogen) atoms. The van der Waals surface area contributed by atoms with E-state index in [1.54, 1.807) is 0 Å². The van der Waals surface area contributed by atoms with Crippen molar-refractivity contribution < 1.29 is 23.5 Å². The van der Waals surface area contributed by atoms with E-state index in [1.807, 2.05) is 54.3 Å². The molecule has 5 rings (SSSR count). The van der Waals surface area contributed by atoms with Crippen molar-refractivity contribution in [2.75, 3.05) is 19.9 Å². The molecule has 0 aliphatic carbocycles. The molecule has 0 saturated carbocycles. The topological polar surface area (TPSA) is 86.9 Å². The van der Waals surface area contributed by atoms with Gasteiger partial charge in [0.15, 0.2) is 17.3 Å². The number of ether oxygens (including phenoxy) is 3.